The van der Waals surface area contributed by atoms with Gasteiger partial charge >= 0.3 is 0 Å². The predicted molar refractivity (Wildman–Crippen MR) is 83.3 cm³/mol. The Hall–Kier alpha value is -1.31. The second-order valence-corrected chi connectivity index (χ2v) is 4.20. The largest absolute Gasteiger partial charge is 0.351 e. The fraction of sp³-hybridized carbons (Fsp3) is 0.333. The Labute approximate surface area is 123 Å². The van der Waals surface area contributed by atoms with Crippen LogP contribution in [0.5, 0.6) is 0 Å². The van der Waals surface area contributed by atoms with Crippen molar-refractivity contribution in [2.24, 2.45) is 4.99 Å². The van der Waals surface area contributed by atoms with Gasteiger partial charge in [0.2, 0.25) is 0 Å². The molecule has 0 bridgehead atoms. The number of aromatic amines is 1. The topological polar surface area (TPSA) is 56.3 Å². The monoisotopic (exact) mass is 357 g/mol. The average molecular weight is 357 g/mol. The minimum absolute atomic E-state index is 0. The molecule has 3 heterocycles. The van der Waals surface area contributed by atoms with Crippen LogP contribution in [0, 0.1) is 0 Å². The molecule has 0 aliphatic carbocycles. The number of nitrogens with zero attached hydrogens (tertiary/aromatic N) is 3. The molecule has 1 aliphatic heterocycles. The van der Waals surface area contributed by atoms with Gasteiger partial charge in [0.15, 0.2) is 5.96 Å². The Morgan fingerprint density at radius 3 is 3.06 bits per heavy atom. The molecule has 0 unspecified atom stereocenters. The van der Waals surface area contributed by atoms with Crippen molar-refractivity contribution in [1.29, 1.82) is 0 Å². The summed E-state index contributed by atoms with van der Waals surface area (Å²) in [5, 5.41) is 4.45. The van der Waals surface area contributed by atoms with Crippen molar-refractivity contribution in [2.45, 2.75) is 6.54 Å². The third-order valence-electron chi connectivity index (χ3n) is 2.95. The maximum atomic E-state index is 4.53. The van der Waals surface area contributed by atoms with Gasteiger partial charge in [0.05, 0.1) is 18.8 Å². The quantitative estimate of drug-likeness (QED) is 0.803. The highest BCUT2D eigenvalue weighted by Gasteiger charge is 2.11. The minimum atomic E-state index is 0. The molecule has 0 spiro atoms. The molecule has 6 heteroatoms. The molecule has 0 aromatic carbocycles. The molecular formula is C12H16IN5. The van der Waals surface area contributed by atoms with Crippen LogP contribution in [0.1, 0.15) is 5.69 Å². The van der Waals surface area contributed by atoms with Gasteiger partial charge in [-0.3, -0.25) is 4.99 Å². The van der Waals surface area contributed by atoms with Crippen LogP contribution in [-0.2, 0) is 6.54 Å². The fourth-order valence-electron chi connectivity index (χ4n) is 1.96. The summed E-state index contributed by atoms with van der Waals surface area (Å²) >= 11 is 0. The van der Waals surface area contributed by atoms with Crippen molar-refractivity contribution in [2.75, 3.05) is 20.1 Å². The van der Waals surface area contributed by atoms with Gasteiger partial charge < -0.3 is 15.2 Å². The van der Waals surface area contributed by atoms with E-state index in [-0.39, 0.29) is 24.0 Å². The molecule has 1 aliphatic rings. The van der Waals surface area contributed by atoms with E-state index in [4.69, 9.17) is 0 Å². The number of hydrogen-bond donors (Lipinski definition) is 2. The zero-order chi connectivity index (χ0) is 11.7. The number of guanidine groups is 1. The molecule has 2 aromatic heterocycles. The summed E-state index contributed by atoms with van der Waals surface area (Å²) in [6.45, 7) is 2.57. The van der Waals surface area contributed by atoms with Gasteiger partial charge in [-0.25, -0.2) is 4.98 Å². The molecule has 2 aromatic rings. The normalized spacial score (nSPS) is 14.5. The molecule has 5 nitrogen and oxygen atoms in total. The van der Waals surface area contributed by atoms with Gasteiger partial charge in [0, 0.05) is 25.2 Å². The summed E-state index contributed by atoms with van der Waals surface area (Å²) in [7, 11) is 2.04. The lowest BCUT2D eigenvalue weighted by Gasteiger charge is -2.14. The van der Waals surface area contributed by atoms with Gasteiger partial charge in [0.25, 0.3) is 0 Å². The first-order valence-electron chi connectivity index (χ1n) is 5.75. The highest BCUT2D eigenvalue weighted by Crippen LogP contribution is 2.10. The van der Waals surface area contributed by atoms with Crippen molar-refractivity contribution >= 4 is 41.0 Å². The third kappa shape index (κ3) is 2.58. The molecule has 3 rings (SSSR count). The van der Waals surface area contributed by atoms with Crippen LogP contribution < -0.4 is 5.32 Å². The lowest BCUT2D eigenvalue weighted by molar-refractivity contribution is 0.533. The first-order chi connectivity index (χ1) is 8.33. The average Bonchev–Trinajstić information content (AvgIpc) is 2.94. The number of aliphatic imine (C=N–C) groups is 1. The Morgan fingerprint density at radius 2 is 2.28 bits per heavy atom. The molecule has 0 saturated carbocycles. The van der Waals surface area contributed by atoms with Crippen LogP contribution in [0.2, 0.25) is 0 Å². The van der Waals surface area contributed by atoms with Crippen LogP contribution in [0.3, 0.4) is 0 Å². The standard InChI is InChI=1S/C12H15N5.HI/c1-17-7-6-14-12(17)15-8-10-3-2-9-4-5-13-11(9)16-10;/h2-5H,6-8H2,1H3,(H,13,16)(H,14,15);1H. The van der Waals surface area contributed by atoms with E-state index in [2.05, 4.69) is 31.2 Å². The highest BCUT2D eigenvalue weighted by molar-refractivity contribution is 14.0. The second-order valence-electron chi connectivity index (χ2n) is 4.20. The lowest BCUT2D eigenvalue weighted by Crippen LogP contribution is -2.35. The molecule has 0 atom stereocenters. The van der Waals surface area contributed by atoms with E-state index in [1.165, 1.54) is 0 Å². The predicted octanol–water partition coefficient (Wildman–Crippen LogP) is 1.57. The van der Waals surface area contributed by atoms with E-state index in [1.807, 2.05) is 25.4 Å². The number of hydrogen-bond acceptors (Lipinski definition) is 4. The summed E-state index contributed by atoms with van der Waals surface area (Å²) < 4.78 is 0. The van der Waals surface area contributed by atoms with Crippen molar-refractivity contribution in [1.82, 2.24) is 20.2 Å². The van der Waals surface area contributed by atoms with E-state index in [0.717, 1.165) is 35.8 Å². The molecule has 0 fully saturated rings. The maximum Gasteiger partial charge on any atom is 0.194 e. The van der Waals surface area contributed by atoms with Crippen molar-refractivity contribution < 1.29 is 0 Å². The highest BCUT2D eigenvalue weighted by atomic mass is 127. The minimum Gasteiger partial charge on any atom is -0.351 e. The first-order valence-corrected chi connectivity index (χ1v) is 5.75. The van der Waals surface area contributed by atoms with Crippen LogP contribution in [-0.4, -0.2) is 41.0 Å². The van der Waals surface area contributed by atoms with E-state index in [1.54, 1.807) is 0 Å². The smallest absolute Gasteiger partial charge is 0.194 e. The van der Waals surface area contributed by atoms with E-state index in [0.29, 0.717) is 6.54 Å². The van der Waals surface area contributed by atoms with Crippen LogP contribution in [0.15, 0.2) is 29.4 Å². The van der Waals surface area contributed by atoms with Crippen LogP contribution >= 0.6 is 24.0 Å². The zero-order valence-electron chi connectivity index (χ0n) is 10.2. The number of rotatable bonds is 2. The summed E-state index contributed by atoms with van der Waals surface area (Å²) in [5.74, 6) is 0.957. The van der Waals surface area contributed by atoms with Crippen LogP contribution in [0.25, 0.3) is 11.0 Å². The van der Waals surface area contributed by atoms with Crippen LogP contribution in [0.4, 0.5) is 0 Å². The third-order valence-corrected chi connectivity index (χ3v) is 2.95. The molecule has 0 radical (unpaired) electrons. The van der Waals surface area contributed by atoms with Crippen molar-refractivity contribution in [3.63, 3.8) is 0 Å². The summed E-state index contributed by atoms with van der Waals surface area (Å²) in [5.41, 5.74) is 1.95. The maximum absolute atomic E-state index is 4.53. The summed E-state index contributed by atoms with van der Waals surface area (Å²) in [6, 6.07) is 6.14. The van der Waals surface area contributed by atoms with Gasteiger partial charge in [-0.15, -0.1) is 24.0 Å². The SMILES string of the molecule is CN1CCN=C1NCc1ccc2cc[nH]c2n1.I. The second kappa shape index (κ2) is 5.55. The number of nitrogens with one attached hydrogen (secondary N) is 2. The van der Waals surface area contributed by atoms with E-state index in [9.17, 15) is 0 Å². The Kier molecular flexibility index (Phi) is 4.05. The number of halogens is 1. The molecule has 0 amide bonds. The number of pyridine rings is 1. The molecule has 0 saturated heterocycles. The number of fused-ring (bicyclic) bond motifs is 1. The fourth-order valence-corrected chi connectivity index (χ4v) is 1.96. The van der Waals surface area contributed by atoms with Gasteiger partial charge in [-0.05, 0) is 18.2 Å². The molecule has 96 valence electrons. The van der Waals surface area contributed by atoms with Gasteiger partial charge in [0.1, 0.15) is 5.65 Å². The summed E-state index contributed by atoms with van der Waals surface area (Å²) in [6.07, 6.45) is 1.91. The Balaban J connectivity index is 0.00000120. The van der Waals surface area contributed by atoms with E-state index < -0.39 is 0 Å². The van der Waals surface area contributed by atoms with Crippen molar-refractivity contribution in [3.8, 4) is 0 Å². The Morgan fingerprint density at radius 1 is 1.39 bits per heavy atom. The number of H-pyrrole nitrogens is 1. The number of aromatic nitrogens is 2. The number of likely N-dealkylation sites (N-methyl/N-ethyl adjacent to an activating group) is 1. The van der Waals surface area contributed by atoms with Crippen molar-refractivity contribution in [3.05, 3.63) is 30.1 Å². The zero-order valence-corrected chi connectivity index (χ0v) is 12.5. The molecule has 18 heavy (non-hydrogen) atoms. The molecular weight excluding hydrogens is 341 g/mol. The van der Waals surface area contributed by atoms with Gasteiger partial charge in [-0.2, -0.15) is 0 Å². The lowest BCUT2D eigenvalue weighted by atomic mass is 10.3. The molecule has 2 N–H and O–H groups in total. The van der Waals surface area contributed by atoms with Gasteiger partial charge in [-0.1, -0.05) is 0 Å². The van der Waals surface area contributed by atoms with E-state index >= 15 is 0 Å². The summed E-state index contributed by atoms with van der Waals surface area (Å²) in [4.78, 5) is 14.1. The first kappa shape index (κ1) is 13.1. The Bertz CT molecular complexity index is 562.